The molecule has 16 heavy (non-hydrogen) atoms. The average Bonchev–Trinajstić information content (AvgIpc) is 2.67. The summed E-state index contributed by atoms with van der Waals surface area (Å²) in [7, 11) is 0. The second-order valence-corrected chi connectivity index (χ2v) is 4.18. The van der Waals surface area contributed by atoms with Crippen molar-refractivity contribution in [3.8, 4) is 0 Å². The lowest BCUT2D eigenvalue weighted by molar-refractivity contribution is -0.119. The van der Waals surface area contributed by atoms with Crippen LogP contribution in [0.25, 0.3) is 0 Å². The van der Waals surface area contributed by atoms with Crippen LogP contribution < -0.4 is 10.6 Å². The molecule has 1 aromatic rings. The third kappa shape index (κ3) is 2.41. The van der Waals surface area contributed by atoms with Crippen molar-refractivity contribution in [1.82, 2.24) is 15.3 Å². The number of halogens is 1. The molecular formula is C10H13ClN4O. The van der Waals surface area contributed by atoms with E-state index in [1.54, 1.807) is 0 Å². The topological polar surface area (TPSA) is 66.9 Å². The monoisotopic (exact) mass is 240 g/mol. The Hall–Kier alpha value is -1.36. The van der Waals surface area contributed by atoms with Gasteiger partial charge >= 0.3 is 0 Å². The van der Waals surface area contributed by atoms with Crippen LogP contribution in [-0.2, 0) is 4.79 Å². The number of nitrogens with zero attached hydrogens (tertiary/aromatic N) is 2. The van der Waals surface area contributed by atoms with Crippen molar-refractivity contribution in [2.45, 2.75) is 25.8 Å². The highest BCUT2D eigenvalue weighted by atomic mass is 35.5. The third-order valence-electron chi connectivity index (χ3n) is 2.62. The summed E-state index contributed by atoms with van der Waals surface area (Å²) in [6, 6.07) is 0.181. The molecule has 2 rings (SSSR count). The van der Waals surface area contributed by atoms with Crippen molar-refractivity contribution in [2.24, 2.45) is 0 Å². The molecule has 2 heterocycles. The van der Waals surface area contributed by atoms with Crippen LogP contribution in [0, 0.1) is 6.92 Å². The molecule has 6 heteroatoms. The van der Waals surface area contributed by atoms with Crippen LogP contribution in [0.3, 0.4) is 0 Å². The highest BCUT2D eigenvalue weighted by molar-refractivity contribution is 6.30. The Morgan fingerprint density at radius 2 is 2.44 bits per heavy atom. The minimum Gasteiger partial charge on any atom is -0.368 e. The zero-order valence-corrected chi connectivity index (χ0v) is 9.71. The fourth-order valence-corrected chi connectivity index (χ4v) is 1.79. The van der Waals surface area contributed by atoms with Gasteiger partial charge in [-0.25, -0.2) is 9.97 Å². The van der Waals surface area contributed by atoms with Gasteiger partial charge in [-0.05, 0) is 13.3 Å². The van der Waals surface area contributed by atoms with Crippen molar-refractivity contribution in [3.63, 3.8) is 0 Å². The van der Waals surface area contributed by atoms with E-state index in [1.165, 1.54) is 6.33 Å². The molecule has 0 aromatic carbocycles. The molecule has 5 nitrogen and oxygen atoms in total. The number of rotatable bonds is 3. The summed E-state index contributed by atoms with van der Waals surface area (Å²) in [5.41, 5.74) is 0.827. The quantitative estimate of drug-likeness (QED) is 0.778. The standard InChI is InChI=1S/C10H13ClN4O/c1-6-9(11)13-5-14-10(6)12-4-7-2-3-8(16)15-7/h5,7H,2-4H2,1H3,(H,15,16)(H,12,13,14). The van der Waals surface area contributed by atoms with Gasteiger partial charge in [0.25, 0.3) is 0 Å². The summed E-state index contributed by atoms with van der Waals surface area (Å²) in [5.74, 6) is 0.838. The molecule has 0 radical (unpaired) electrons. The lowest BCUT2D eigenvalue weighted by Crippen LogP contribution is -2.32. The molecule has 1 unspecified atom stereocenters. The minimum absolute atomic E-state index is 0.115. The van der Waals surface area contributed by atoms with E-state index in [0.29, 0.717) is 18.1 Å². The third-order valence-corrected chi connectivity index (χ3v) is 3.00. The summed E-state index contributed by atoms with van der Waals surface area (Å²) in [5, 5.41) is 6.50. The first-order valence-corrected chi connectivity index (χ1v) is 5.55. The Balaban J connectivity index is 1.94. The lowest BCUT2D eigenvalue weighted by Gasteiger charge is -2.13. The van der Waals surface area contributed by atoms with Crippen LogP contribution in [0.2, 0.25) is 5.15 Å². The second kappa shape index (κ2) is 4.65. The Morgan fingerprint density at radius 1 is 1.62 bits per heavy atom. The highest BCUT2D eigenvalue weighted by Crippen LogP contribution is 2.18. The summed E-state index contributed by atoms with van der Waals surface area (Å²) >= 11 is 5.87. The summed E-state index contributed by atoms with van der Waals surface area (Å²) < 4.78 is 0. The summed E-state index contributed by atoms with van der Waals surface area (Å²) in [6.07, 6.45) is 2.89. The van der Waals surface area contributed by atoms with Crippen molar-refractivity contribution < 1.29 is 4.79 Å². The average molecular weight is 241 g/mol. The number of hydrogen-bond acceptors (Lipinski definition) is 4. The molecule has 1 saturated heterocycles. The molecule has 1 aliphatic heterocycles. The van der Waals surface area contributed by atoms with Gasteiger partial charge in [-0.1, -0.05) is 11.6 Å². The molecule has 2 N–H and O–H groups in total. The number of anilines is 1. The van der Waals surface area contributed by atoms with Crippen LogP contribution in [0.15, 0.2) is 6.33 Å². The Labute approximate surface area is 98.6 Å². The van der Waals surface area contributed by atoms with E-state index in [9.17, 15) is 4.79 Å². The summed E-state index contributed by atoms with van der Waals surface area (Å²) in [6.45, 7) is 2.53. The van der Waals surface area contributed by atoms with Gasteiger partial charge in [-0.3, -0.25) is 4.79 Å². The molecule has 0 saturated carbocycles. The Morgan fingerprint density at radius 3 is 3.12 bits per heavy atom. The van der Waals surface area contributed by atoms with Gasteiger partial charge in [-0.2, -0.15) is 0 Å². The number of aromatic nitrogens is 2. The second-order valence-electron chi connectivity index (χ2n) is 3.82. The zero-order valence-electron chi connectivity index (χ0n) is 8.96. The van der Waals surface area contributed by atoms with Gasteiger partial charge in [0.15, 0.2) is 0 Å². The molecule has 0 aliphatic carbocycles. The molecule has 1 amide bonds. The number of amides is 1. The first kappa shape index (κ1) is 11.1. The van der Waals surface area contributed by atoms with Gasteiger partial charge in [0.05, 0.1) is 0 Å². The van der Waals surface area contributed by atoms with Crippen LogP contribution in [-0.4, -0.2) is 28.5 Å². The smallest absolute Gasteiger partial charge is 0.220 e. The van der Waals surface area contributed by atoms with Crippen molar-refractivity contribution in [1.29, 1.82) is 0 Å². The van der Waals surface area contributed by atoms with Gasteiger partial charge in [0.1, 0.15) is 17.3 Å². The molecular weight excluding hydrogens is 228 g/mol. The number of nitrogens with one attached hydrogen (secondary N) is 2. The van der Waals surface area contributed by atoms with E-state index in [2.05, 4.69) is 20.6 Å². The first-order valence-electron chi connectivity index (χ1n) is 5.17. The van der Waals surface area contributed by atoms with Gasteiger partial charge in [0, 0.05) is 24.6 Å². The number of carbonyl (C=O) groups excluding carboxylic acids is 1. The fraction of sp³-hybridized carbons (Fsp3) is 0.500. The predicted molar refractivity (Wildman–Crippen MR) is 61.4 cm³/mol. The van der Waals surface area contributed by atoms with Gasteiger partial charge in [-0.15, -0.1) is 0 Å². The van der Waals surface area contributed by atoms with Crippen LogP contribution in [0.5, 0.6) is 0 Å². The largest absolute Gasteiger partial charge is 0.368 e. The van der Waals surface area contributed by atoms with Crippen LogP contribution >= 0.6 is 11.6 Å². The maximum atomic E-state index is 11.0. The molecule has 0 bridgehead atoms. The maximum Gasteiger partial charge on any atom is 0.220 e. The molecule has 0 spiro atoms. The van der Waals surface area contributed by atoms with E-state index >= 15 is 0 Å². The van der Waals surface area contributed by atoms with Crippen LogP contribution in [0.4, 0.5) is 5.82 Å². The van der Waals surface area contributed by atoms with E-state index in [1.807, 2.05) is 6.92 Å². The normalized spacial score (nSPS) is 19.6. The number of carbonyl (C=O) groups is 1. The summed E-state index contributed by atoms with van der Waals surface area (Å²) in [4.78, 5) is 19.0. The van der Waals surface area contributed by atoms with Gasteiger partial charge < -0.3 is 10.6 Å². The maximum absolute atomic E-state index is 11.0. The molecule has 1 atom stereocenters. The molecule has 86 valence electrons. The van der Waals surface area contributed by atoms with Crippen LogP contribution in [0.1, 0.15) is 18.4 Å². The molecule has 1 aromatic heterocycles. The van der Waals surface area contributed by atoms with E-state index in [0.717, 1.165) is 17.8 Å². The van der Waals surface area contributed by atoms with E-state index in [-0.39, 0.29) is 11.9 Å². The SMILES string of the molecule is Cc1c(Cl)ncnc1NCC1CCC(=O)N1. The lowest BCUT2D eigenvalue weighted by atomic mass is 10.2. The van der Waals surface area contributed by atoms with Gasteiger partial charge in [0.2, 0.25) is 5.91 Å². The van der Waals surface area contributed by atoms with Crippen molar-refractivity contribution in [2.75, 3.05) is 11.9 Å². The first-order chi connectivity index (χ1) is 7.66. The minimum atomic E-state index is 0.115. The molecule has 1 aliphatic rings. The Kier molecular flexibility index (Phi) is 3.24. The fourth-order valence-electron chi connectivity index (χ4n) is 1.66. The number of hydrogen-bond donors (Lipinski definition) is 2. The highest BCUT2D eigenvalue weighted by Gasteiger charge is 2.20. The molecule has 1 fully saturated rings. The predicted octanol–water partition coefficient (Wildman–Crippen LogP) is 1.13. The van der Waals surface area contributed by atoms with E-state index in [4.69, 9.17) is 11.6 Å². The zero-order chi connectivity index (χ0) is 11.5. The van der Waals surface area contributed by atoms with Crippen molar-refractivity contribution in [3.05, 3.63) is 17.0 Å². The van der Waals surface area contributed by atoms with E-state index < -0.39 is 0 Å². The van der Waals surface area contributed by atoms with Crippen molar-refractivity contribution >= 4 is 23.3 Å². The Bertz CT molecular complexity index is 410.